The molecule has 0 aliphatic carbocycles. The minimum absolute atomic E-state index is 0.157. The van der Waals surface area contributed by atoms with E-state index < -0.39 is 6.04 Å². The maximum Gasteiger partial charge on any atom is 0.261 e. The van der Waals surface area contributed by atoms with Crippen LogP contribution >= 0.6 is 31.9 Å². The summed E-state index contributed by atoms with van der Waals surface area (Å²) in [4.78, 5) is 28.7. The Morgan fingerprint density at radius 2 is 1.72 bits per heavy atom. The molecule has 1 atom stereocenters. The van der Waals surface area contributed by atoms with Crippen LogP contribution in [0.15, 0.2) is 81.7 Å². The fraction of sp³-hybridized carbons (Fsp3) is 0.310. The summed E-state index contributed by atoms with van der Waals surface area (Å²) < 4.78 is 7.77. The molecule has 1 N–H and O–H groups in total. The van der Waals surface area contributed by atoms with Crippen LogP contribution in [0.25, 0.3) is 0 Å². The number of hydrogen-bond acceptors (Lipinski definition) is 3. The van der Waals surface area contributed by atoms with Crippen LogP contribution in [0.4, 0.5) is 0 Å². The minimum atomic E-state index is -0.675. The molecule has 3 aromatic rings. The largest absolute Gasteiger partial charge is 0.484 e. The van der Waals surface area contributed by atoms with Crippen molar-refractivity contribution in [3.05, 3.63) is 98.4 Å². The molecule has 3 aromatic carbocycles. The van der Waals surface area contributed by atoms with Crippen LogP contribution in [0.3, 0.4) is 0 Å². The Balaban J connectivity index is 1.89. The molecule has 5 nitrogen and oxygen atoms in total. The van der Waals surface area contributed by atoms with E-state index in [4.69, 9.17) is 4.74 Å². The maximum atomic E-state index is 13.6. The first kappa shape index (κ1) is 27.9. The van der Waals surface area contributed by atoms with Crippen molar-refractivity contribution in [2.75, 3.05) is 13.2 Å². The van der Waals surface area contributed by atoms with Gasteiger partial charge in [-0.25, -0.2) is 0 Å². The molecule has 0 aromatic heterocycles. The predicted molar refractivity (Wildman–Crippen MR) is 151 cm³/mol. The van der Waals surface area contributed by atoms with Gasteiger partial charge in [-0.3, -0.25) is 9.59 Å². The molecule has 7 heteroatoms. The molecule has 3 rings (SSSR count). The van der Waals surface area contributed by atoms with Crippen molar-refractivity contribution < 1.29 is 14.3 Å². The molecule has 0 saturated heterocycles. The molecule has 0 unspecified atom stereocenters. The number of rotatable bonds is 12. The molecular weight excluding hydrogens is 584 g/mol. The molecule has 0 bridgehead atoms. The number of benzene rings is 3. The second kappa shape index (κ2) is 14.2. The number of ether oxygens (including phenoxy) is 1. The van der Waals surface area contributed by atoms with Gasteiger partial charge in [0.2, 0.25) is 5.91 Å². The van der Waals surface area contributed by atoms with E-state index in [1.807, 2.05) is 79.7 Å². The number of amides is 2. The van der Waals surface area contributed by atoms with Gasteiger partial charge in [-0.15, -0.1) is 0 Å². The van der Waals surface area contributed by atoms with Gasteiger partial charge in [-0.2, -0.15) is 0 Å². The molecule has 190 valence electrons. The van der Waals surface area contributed by atoms with Crippen molar-refractivity contribution in [2.24, 2.45) is 0 Å². The second-order valence-electron chi connectivity index (χ2n) is 8.70. The highest BCUT2D eigenvalue weighted by molar-refractivity contribution is 9.10. The van der Waals surface area contributed by atoms with Crippen molar-refractivity contribution in [3.8, 4) is 5.75 Å². The van der Waals surface area contributed by atoms with Gasteiger partial charge in [0.05, 0.1) is 0 Å². The molecule has 2 amide bonds. The number of nitrogens with zero attached hydrogens (tertiary/aromatic N) is 1. The smallest absolute Gasteiger partial charge is 0.261 e. The Morgan fingerprint density at radius 1 is 0.972 bits per heavy atom. The predicted octanol–water partition coefficient (Wildman–Crippen LogP) is 6.46. The molecular formula is C29H32Br2N2O3. The summed E-state index contributed by atoms with van der Waals surface area (Å²) in [7, 11) is 0. The molecule has 0 aliphatic rings. The summed E-state index contributed by atoms with van der Waals surface area (Å²) in [5.74, 6) is 0.204. The second-order valence-corrected chi connectivity index (χ2v) is 10.5. The lowest BCUT2D eigenvalue weighted by Gasteiger charge is -2.31. The van der Waals surface area contributed by atoms with Gasteiger partial charge in [-0.05, 0) is 60.4 Å². The molecule has 0 aliphatic heterocycles. The molecule has 0 saturated carbocycles. The monoisotopic (exact) mass is 614 g/mol. The van der Waals surface area contributed by atoms with E-state index in [2.05, 4.69) is 44.1 Å². The van der Waals surface area contributed by atoms with E-state index >= 15 is 0 Å². The first-order chi connectivity index (χ1) is 17.4. The van der Waals surface area contributed by atoms with Crippen LogP contribution < -0.4 is 10.1 Å². The van der Waals surface area contributed by atoms with Crippen molar-refractivity contribution in [1.82, 2.24) is 10.2 Å². The number of carbonyl (C=O) groups excluding carboxylic acids is 2. The fourth-order valence-electron chi connectivity index (χ4n) is 3.83. The zero-order valence-electron chi connectivity index (χ0n) is 20.7. The van der Waals surface area contributed by atoms with E-state index in [0.717, 1.165) is 38.5 Å². The SMILES string of the molecule is CCCCNC(=O)[C@H](Cc1ccccc1)N(Cc1cccc(Br)c1)C(=O)COc1ccc(Br)c(C)c1. The third kappa shape index (κ3) is 8.49. The average Bonchev–Trinajstić information content (AvgIpc) is 2.87. The van der Waals surface area contributed by atoms with Gasteiger partial charge < -0.3 is 15.0 Å². The van der Waals surface area contributed by atoms with E-state index in [1.54, 1.807) is 4.90 Å². The van der Waals surface area contributed by atoms with Gasteiger partial charge in [0.25, 0.3) is 5.91 Å². The average molecular weight is 616 g/mol. The van der Waals surface area contributed by atoms with Gasteiger partial charge in [0.15, 0.2) is 6.61 Å². The van der Waals surface area contributed by atoms with E-state index in [9.17, 15) is 9.59 Å². The van der Waals surface area contributed by atoms with Gasteiger partial charge in [0, 0.05) is 28.5 Å². The Morgan fingerprint density at radius 3 is 2.42 bits per heavy atom. The number of unbranched alkanes of at least 4 members (excludes halogenated alkanes) is 1. The third-order valence-electron chi connectivity index (χ3n) is 5.83. The zero-order valence-corrected chi connectivity index (χ0v) is 23.8. The van der Waals surface area contributed by atoms with Crippen molar-refractivity contribution in [2.45, 2.75) is 45.7 Å². The van der Waals surface area contributed by atoms with Crippen molar-refractivity contribution in [3.63, 3.8) is 0 Å². The van der Waals surface area contributed by atoms with Crippen LogP contribution in [0.2, 0.25) is 0 Å². The van der Waals surface area contributed by atoms with Gasteiger partial charge in [0.1, 0.15) is 11.8 Å². The molecule has 0 fully saturated rings. The van der Waals surface area contributed by atoms with Gasteiger partial charge in [-0.1, -0.05) is 87.7 Å². The fourth-order valence-corrected chi connectivity index (χ4v) is 4.52. The Bertz CT molecular complexity index is 1150. The summed E-state index contributed by atoms with van der Waals surface area (Å²) in [6.07, 6.45) is 2.27. The Labute approximate surface area is 230 Å². The molecule has 36 heavy (non-hydrogen) atoms. The van der Waals surface area contributed by atoms with Crippen LogP contribution in [-0.2, 0) is 22.6 Å². The maximum absolute atomic E-state index is 13.6. The van der Waals surface area contributed by atoms with Crippen LogP contribution in [0, 0.1) is 6.92 Å². The summed E-state index contributed by atoms with van der Waals surface area (Å²) in [6.45, 7) is 4.75. The number of nitrogens with one attached hydrogen (secondary N) is 1. The number of aryl methyl sites for hydroxylation is 1. The van der Waals surface area contributed by atoms with Crippen molar-refractivity contribution >= 4 is 43.7 Å². The molecule has 0 spiro atoms. The first-order valence-corrected chi connectivity index (χ1v) is 13.7. The standard InChI is InChI=1S/C29H32Br2N2O3/c1-3-4-15-32-29(35)27(18-22-9-6-5-7-10-22)33(19-23-11-8-12-24(30)17-23)28(34)20-36-25-13-14-26(31)21(2)16-25/h5-14,16-17,27H,3-4,15,18-20H2,1-2H3,(H,32,35)/t27-/m0/s1. The van der Waals surface area contributed by atoms with Crippen LogP contribution in [-0.4, -0.2) is 35.9 Å². The Kier molecular flexibility index (Phi) is 11.0. The summed E-state index contributed by atoms with van der Waals surface area (Å²) >= 11 is 7.00. The normalized spacial score (nSPS) is 11.6. The number of hydrogen-bond donors (Lipinski definition) is 1. The summed E-state index contributed by atoms with van der Waals surface area (Å²) in [5, 5.41) is 3.04. The first-order valence-electron chi connectivity index (χ1n) is 12.1. The molecule has 0 heterocycles. The minimum Gasteiger partial charge on any atom is -0.484 e. The van der Waals surface area contributed by atoms with Gasteiger partial charge >= 0.3 is 0 Å². The quantitative estimate of drug-likeness (QED) is 0.238. The highest BCUT2D eigenvalue weighted by atomic mass is 79.9. The molecule has 0 radical (unpaired) electrons. The highest BCUT2D eigenvalue weighted by Gasteiger charge is 2.30. The van der Waals surface area contributed by atoms with Crippen LogP contribution in [0.5, 0.6) is 5.75 Å². The zero-order chi connectivity index (χ0) is 25.9. The van der Waals surface area contributed by atoms with E-state index in [1.165, 1.54) is 0 Å². The van der Waals surface area contributed by atoms with Crippen LogP contribution in [0.1, 0.15) is 36.5 Å². The lowest BCUT2D eigenvalue weighted by atomic mass is 10.0. The highest BCUT2D eigenvalue weighted by Crippen LogP contribution is 2.22. The summed E-state index contributed by atoms with van der Waals surface area (Å²) in [6, 6.07) is 22.5. The Hall–Kier alpha value is -2.64. The number of halogens is 2. The van der Waals surface area contributed by atoms with Crippen molar-refractivity contribution in [1.29, 1.82) is 0 Å². The van der Waals surface area contributed by atoms with E-state index in [-0.39, 0.29) is 18.4 Å². The number of carbonyl (C=O) groups is 2. The topological polar surface area (TPSA) is 58.6 Å². The summed E-state index contributed by atoms with van der Waals surface area (Å²) in [5.41, 5.74) is 2.93. The lowest BCUT2D eigenvalue weighted by molar-refractivity contribution is -0.142. The lowest BCUT2D eigenvalue weighted by Crippen LogP contribution is -2.51. The third-order valence-corrected chi connectivity index (χ3v) is 7.22. The van der Waals surface area contributed by atoms with E-state index in [0.29, 0.717) is 25.3 Å².